The van der Waals surface area contributed by atoms with Gasteiger partial charge in [-0.2, -0.15) is 0 Å². The van der Waals surface area contributed by atoms with E-state index in [2.05, 4.69) is 10.3 Å². The summed E-state index contributed by atoms with van der Waals surface area (Å²) in [4.78, 5) is 54.7. The third kappa shape index (κ3) is 4.45. The maximum atomic E-state index is 12.9. The summed E-state index contributed by atoms with van der Waals surface area (Å²) in [6.45, 7) is 2.43. The van der Waals surface area contributed by atoms with Crippen LogP contribution in [0, 0.1) is 0 Å². The number of benzene rings is 1. The molecule has 0 unspecified atom stereocenters. The van der Waals surface area contributed by atoms with Gasteiger partial charge in [0.15, 0.2) is 0 Å². The van der Waals surface area contributed by atoms with E-state index in [4.69, 9.17) is 10.5 Å². The number of carbonyl (C=O) groups excluding carboxylic acids is 4. The van der Waals surface area contributed by atoms with E-state index in [0.717, 1.165) is 10.5 Å². The molecule has 156 valence electrons. The van der Waals surface area contributed by atoms with Crippen LogP contribution < -0.4 is 15.8 Å². The zero-order chi connectivity index (χ0) is 21.7. The van der Waals surface area contributed by atoms with Gasteiger partial charge in [0.2, 0.25) is 17.7 Å². The molecule has 0 aliphatic carbocycles. The van der Waals surface area contributed by atoms with E-state index >= 15 is 0 Å². The largest absolute Gasteiger partial charge is 0.478 e. The summed E-state index contributed by atoms with van der Waals surface area (Å²) in [5.74, 6) is -1.89. The fourth-order valence-corrected chi connectivity index (χ4v) is 3.24. The molecule has 4 amide bonds. The molecule has 1 atom stereocenters. The summed E-state index contributed by atoms with van der Waals surface area (Å²) >= 11 is 0. The standard InChI is InChI=1S/C21H22N4O5/c1-2-30-18-11-13(9-10-23-18)12-24-19(27)16(7-8-17(22)26)25-20(28)14-5-3-4-6-15(14)21(25)29/h3-6,9-11,16H,2,7-8,12H2,1H3,(H2,22,26)(H,24,27)/t16-/m1/s1. The number of hydrogen-bond acceptors (Lipinski definition) is 6. The van der Waals surface area contributed by atoms with Crippen LogP contribution in [0.1, 0.15) is 46.0 Å². The topological polar surface area (TPSA) is 132 Å². The van der Waals surface area contributed by atoms with Crippen molar-refractivity contribution in [2.45, 2.75) is 32.4 Å². The first-order valence-corrected chi connectivity index (χ1v) is 9.53. The molecule has 1 aliphatic rings. The SMILES string of the molecule is CCOc1cc(CNC(=O)[C@@H](CCC(N)=O)N2C(=O)c3ccccc3C2=O)ccn1. The molecule has 9 nitrogen and oxygen atoms in total. The first-order chi connectivity index (χ1) is 14.4. The number of fused-ring (bicyclic) bond motifs is 1. The average Bonchev–Trinajstić information content (AvgIpc) is 2.98. The molecular formula is C21H22N4O5. The number of primary amides is 1. The Bertz CT molecular complexity index is 956. The van der Waals surface area contributed by atoms with Crippen LogP contribution in [-0.4, -0.2) is 46.2 Å². The molecule has 9 heteroatoms. The number of hydrogen-bond donors (Lipinski definition) is 2. The van der Waals surface area contributed by atoms with E-state index < -0.39 is 29.7 Å². The van der Waals surface area contributed by atoms with Crippen molar-refractivity contribution >= 4 is 23.6 Å². The number of nitrogens with zero attached hydrogens (tertiary/aromatic N) is 2. The van der Waals surface area contributed by atoms with Crippen molar-refractivity contribution in [2.75, 3.05) is 6.61 Å². The molecular weight excluding hydrogens is 388 g/mol. The molecule has 1 aromatic heterocycles. The molecule has 30 heavy (non-hydrogen) atoms. The number of rotatable bonds is 9. The van der Waals surface area contributed by atoms with Crippen LogP contribution in [0.3, 0.4) is 0 Å². The van der Waals surface area contributed by atoms with Crippen LogP contribution in [0.4, 0.5) is 0 Å². The first-order valence-electron chi connectivity index (χ1n) is 9.53. The number of imide groups is 1. The molecule has 0 fully saturated rings. The molecule has 1 aliphatic heterocycles. The second kappa shape index (κ2) is 9.17. The number of nitrogens with one attached hydrogen (secondary N) is 1. The minimum Gasteiger partial charge on any atom is -0.478 e. The third-order valence-electron chi connectivity index (χ3n) is 4.66. The highest BCUT2D eigenvalue weighted by Gasteiger charge is 2.42. The lowest BCUT2D eigenvalue weighted by atomic mass is 10.1. The smallest absolute Gasteiger partial charge is 0.262 e. The summed E-state index contributed by atoms with van der Waals surface area (Å²) in [6.07, 6.45) is 1.35. The Labute approximate surface area is 173 Å². The molecule has 1 aromatic carbocycles. The van der Waals surface area contributed by atoms with Gasteiger partial charge in [-0.1, -0.05) is 12.1 Å². The summed E-state index contributed by atoms with van der Waals surface area (Å²) in [6, 6.07) is 8.60. The van der Waals surface area contributed by atoms with Crippen molar-refractivity contribution in [3.8, 4) is 5.88 Å². The lowest BCUT2D eigenvalue weighted by molar-refractivity contribution is -0.125. The van der Waals surface area contributed by atoms with Crippen molar-refractivity contribution in [1.82, 2.24) is 15.2 Å². The highest BCUT2D eigenvalue weighted by molar-refractivity contribution is 6.22. The van der Waals surface area contributed by atoms with E-state index in [0.29, 0.717) is 12.5 Å². The minimum absolute atomic E-state index is 0.0623. The predicted octanol–water partition coefficient (Wildman–Crippen LogP) is 1.03. The Balaban J connectivity index is 1.78. The number of aromatic nitrogens is 1. The Morgan fingerprint density at radius 1 is 1.17 bits per heavy atom. The van der Waals surface area contributed by atoms with Gasteiger partial charge in [-0.25, -0.2) is 4.98 Å². The molecule has 0 radical (unpaired) electrons. The fourth-order valence-electron chi connectivity index (χ4n) is 3.24. The lowest BCUT2D eigenvalue weighted by Gasteiger charge is -2.25. The van der Waals surface area contributed by atoms with Gasteiger partial charge in [-0.3, -0.25) is 24.1 Å². The zero-order valence-corrected chi connectivity index (χ0v) is 16.5. The van der Waals surface area contributed by atoms with Crippen molar-refractivity contribution in [3.63, 3.8) is 0 Å². The van der Waals surface area contributed by atoms with Gasteiger partial charge in [-0.15, -0.1) is 0 Å². The molecule has 2 heterocycles. The number of carbonyl (C=O) groups is 4. The van der Waals surface area contributed by atoms with Crippen LogP contribution in [0.15, 0.2) is 42.6 Å². The number of ether oxygens (including phenoxy) is 1. The van der Waals surface area contributed by atoms with Gasteiger partial charge in [0, 0.05) is 25.2 Å². The Morgan fingerprint density at radius 2 is 1.83 bits per heavy atom. The summed E-state index contributed by atoms with van der Waals surface area (Å²) in [5.41, 5.74) is 6.42. The lowest BCUT2D eigenvalue weighted by Crippen LogP contribution is -2.49. The van der Waals surface area contributed by atoms with Crippen LogP contribution >= 0.6 is 0 Å². The summed E-state index contributed by atoms with van der Waals surface area (Å²) < 4.78 is 5.34. The van der Waals surface area contributed by atoms with Crippen LogP contribution in [0.5, 0.6) is 5.88 Å². The minimum atomic E-state index is -1.15. The maximum Gasteiger partial charge on any atom is 0.262 e. The number of nitrogens with two attached hydrogens (primary N) is 1. The monoisotopic (exact) mass is 410 g/mol. The normalized spacial score (nSPS) is 13.7. The van der Waals surface area contributed by atoms with Crippen LogP contribution in [0.25, 0.3) is 0 Å². The maximum absolute atomic E-state index is 12.9. The van der Waals surface area contributed by atoms with Gasteiger partial charge in [-0.05, 0) is 37.1 Å². The van der Waals surface area contributed by atoms with Crippen molar-refractivity contribution in [3.05, 3.63) is 59.3 Å². The molecule has 3 rings (SSSR count). The molecule has 0 saturated carbocycles. The van der Waals surface area contributed by atoms with Gasteiger partial charge in [0.05, 0.1) is 17.7 Å². The zero-order valence-electron chi connectivity index (χ0n) is 16.5. The molecule has 3 N–H and O–H groups in total. The van der Waals surface area contributed by atoms with Crippen molar-refractivity contribution in [1.29, 1.82) is 0 Å². The fraction of sp³-hybridized carbons (Fsp3) is 0.286. The van der Waals surface area contributed by atoms with E-state index in [9.17, 15) is 19.2 Å². The van der Waals surface area contributed by atoms with Crippen LogP contribution in [0.2, 0.25) is 0 Å². The molecule has 0 saturated heterocycles. The number of pyridine rings is 1. The molecule has 0 bridgehead atoms. The van der Waals surface area contributed by atoms with Crippen molar-refractivity contribution < 1.29 is 23.9 Å². The van der Waals surface area contributed by atoms with E-state index in [1.165, 1.54) is 12.1 Å². The Morgan fingerprint density at radius 3 is 2.43 bits per heavy atom. The van der Waals surface area contributed by atoms with Gasteiger partial charge < -0.3 is 15.8 Å². The van der Waals surface area contributed by atoms with E-state index in [1.807, 2.05) is 6.92 Å². The van der Waals surface area contributed by atoms with Gasteiger partial charge in [0.1, 0.15) is 6.04 Å². The quantitative estimate of drug-likeness (QED) is 0.594. The highest BCUT2D eigenvalue weighted by atomic mass is 16.5. The highest BCUT2D eigenvalue weighted by Crippen LogP contribution is 2.26. The van der Waals surface area contributed by atoms with E-state index in [-0.39, 0.29) is 30.5 Å². The Hall–Kier alpha value is -3.75. The number of amides is 4. The molecule has 0 spiro atoms. The molecule has 2 aromatic rings. The average molecular weight is 410 g/mol. The summed E-state index contributed by atoms with van der Waals surface area (Å²) in [5, 5.41) is 2.72. The van der Waals surface area contributed by atoms with E-state index in [1.54, 1.807) is 30.5 Å². The van der Waals surface area contributed by atoms with Crippen LogP contribution in [-0.2, 0) is 16.1 Å². The van der Waals surface area contributed by atoms with Gasteiger partial charge >= 0.3 is 0 Å². The van der Waals surface area contributed by atoms with Crippen molar-refractivity contribution in [2.24, 2.45) is 5.73 Å². The third-order valence-corrected chi connectivity index (χ3v) is 4.66. The summed E-state index contributed by atoms with van der Waals surface area (Å²) in [7, 11) is 0. The first kappa shape index (κ1) is 21.0. The second-order valence-corrected chi connectivity index (χ2v) is 6.70. The Kier molecular flexibility index (Phi) is 6.41. The predicted molar refractivity (Wildman–Crippen MR) is 106 cm³/mol. The van der Waals surface area contributed by atoms with Gasteiger partial charge in [0.25, 0.3) is 11.8 Å². The second-order valence-electron chi connectivity index (χ2n) is 6.70.